The molecule has 1 heterocycles. The fourth-order valence-corrected chi connectivity index (χ4v) is 2.71. The largest absolute Gasteiger partial charge is 0.289 e. The van der Waals surface area contributed by atoms with E-state index in [9.17, 15) is 4.79 Å². The van der Waals surface area contributed by atoms with Crippen molar-refractivity contribution in [1.82, 2.24) is 0 Å². The van der Waals surface area contributed by atoms with Gasteiger partial charge in [-0.25, -0.2) is 0 Å². The Balaban J connectivity index is 2.53. The highest BCUT2D eigenvalue weighted by molar-refractivity contribution is 7.08. The second-order valence-corrected chi connectivity index (χ2v) is 4.89. The molecule has 82 valence electrons. The minimum atomic E-state index is 0.135. The zero-order valence-electron chi connectivity index (χ0n) is 9.70. The lowest BCUT2D eigenvalue weighted by Crippen LogP contribution is -2.05. The van der Waals surface area contributed by atoms with E-state index in [1.807, 2.05) is 30.7 Å². The third-order valence-electron chi connectivity index (χ3n) is 2.69. The van der Waals surface area contributed by atoms with E-state index in [0.29, 0.717) is 0 Å². The molecule has 1 aromatic heterocycles. The monoisotopic (exact) mass is 230 g/mol. The van der Waals surface area contributed by atoms with Crippen molar-refractivity contribution in [2.45, 2.75) is 20.8 Å². The Morgan fingerprint density at radius 3 is 2.25 bits per heavy atom. The van der Waals surface area contributed by atoms with Crippen LogP contribution in [0.25, 0.3) is 0 Å². The van der Waals surface area contributed by atoms with Crippen molar-refractivity contribution in [3.05, 3.63) is 56.8 Å². The molecule has 0 aliphatic rings. The van der Waals surface area contributed by atoms with Crippen LogP contribution in [0, 0.1) is 20.8 Å². The second kappa shape index (κ2) is 4.22. The van der Waals surface area contributed by atoms with E-state index in [0.717, 1.165) is 22.3 Å². The van der Waals surface area contributed by atoms with Gasteiger partial charge >= 0.3 is 0 Å². The molecule has 0 saturated heterocycles. The summed E-state index contributed by atoms with van der Waals surface area (Å²) in [6, 6.07) is 6.00. The first-order valence-corrected chi connectivity index (χ1v) is 6.18. The summed E-state index contributed by atoms with van der Waals surface area (Å²) in [5, 5.41) is 3.84. The van der Waals surface area contributed by atoms with Gasteiger partial charge in [0.05, 0.1) is 0 Å². The van der Waals surface area contributed by atoms with E-state index < -0.39 is 0 Å². The Kier molecular flexibility index (Phi) is 2.92. The van der Waals surface area contributed by atoms with Gasteiger partial charge in [0.25, 0.3) is 0 Å². The molecule has 0 spiro atoms. The molecular formula is C14H14OS. The molecule has 0 radical (unpaired) electrons. The predicted octanol–water partition coefficient (Wildman–Crippen LogP) is 3.90. The van der Waals surface area contributed by atoms with Crippen LogP contribution in [-0.2, 0) is 0 Å². The molecule has 0 atom stereocenters. The first kappa shape index (κ1) is 11.1. The van der Waals surface area contributed by atoms with Crippen LogP contribution in [0.5, 0.6) is 0 Å². The fraction of sp³-hybridized carbons (Fsp3) is 0.214. The molecule has 2 aromatic rings. The van der Waals surface area contributed by atoms with E-state index in [-0.39, 0.29) is 5.78 Å². The highest BCUT2D eigenvalue weighted by atomic mass is 32.1. The number of benzene rings is 1. The molecule has 0 unspecified atom stereocenters. The van der Waals surface area contributed by atoms with Crippen LogP contribution in [0.15, 0.2) is 29.0 Å². The van der Waals surface area contributed by atoms with Gasteiger partial charge in [0.15, 0.2) is 5.78 Å². The summed E-state index contributed by atoms with van der Waals surface area (Å²) >= 11 is 1.56. The molecule has 16 heavy (non-hydrogen) atoms. The molecule has 1 nitrogen and oxygen atoms in total. The van der Waals surface area contributed by atoms with Crippen LogP contribution in [0.1, 0.15) is 32.6 Å². The number of carbonyl (C=O) groups excluding carboxylic acids is 1. The Morgan fingerprint density at radius 2 is 1.75 bits per heavy atom. The number of ketones is 1. The number of carbonyl (C=O) groups is 1. The smallest absolute Gasteiger partial charge is 0.194 e. The maximum atomic E-state index is 12.3. The molecule has 0 amide bonds. The predicted molar refractivity (Wildman–Crippen MR) is 68.4 cm³/mol. The van der Waals surface area contributed by atoms with Gasteiger partial charge in [0, 0.05) is 16.5 Å². The average Bonchev–Trinajstić information content (AvgIpc) is 2.67. The van der Waals surface area contributed by atoms with Gasteiger partial charge in [0.2, 0.25) is 0 Å². The number of rotatable bonds is 2. The lowest BCUT2D eigenvalue weighted by Gasteiger charge is -2.09. The van der Waals surface area contributed by atoms with Gasteiger partial charge in [-0.3, -0.25) is 4.79 Å². The summed E-state index contributed by atoms with van der Waals surface area (Å²) in [6.45, 7) is 6.05. The molecule has 1 aromatic carbocycles. The quantitative estimate of drug-likeness (QED) is 0.715. The van der Waals surface area contributed by atoms with Gasteiger partial charge in [-0.05, 0) is 43.3 Å². The Morgan fingerprint density at radius 1 is 1.12 bits per heavy atom. The maximum absolute atomic E-state index is 12.3. The second-order valence-electron chi connectivity index (χ2n) is 4.11. The van der Waals surface area contributed by atoms with Crippen molar-refractivity contribution in [3.8, 4) is 0 Å². The lowest BCUT2D eigenvalue weighted by atomic mass is 9.94. The number of hydrogen-bond acceptors (Lipinski definition) is 2. The van der Waals surface area contributed by atoms with Crippen molar-refractivity contribution in [3.63, 3.8) is 0 Å². The number of aryl methyl sites for hydroxylation is 3. The van der Waals surface area contributed by atoms with Crippen LogP contribution in [0.3, 0.4) is 0 Å². The summed E-state index contributed by atoms with van der Waals surface area (Å²) in [5.74, 6) is 0.135. The topological polar surface area (TPSA) is 17.1 Å². The zero-order valence-corrected chi connectivity index (χ0v) is 10.5. The first-order valence-electron chi connectivity index (χ1n) is 5.24. The zero-order chi connectivity index (χ0) is 11.7. The molecule has 2 rings (SSSR count). The molecule has 0 aliphatic carbocycles. The van der Waals surface area contributed by atoms with Crippen molar-refractivity contribution >= 4 is 17.1 Å². The summed E-state index contributed by atoms with van der Waals surface area (Å²) in [7, 11) is 0. The average molecular weight is 230 g/mol. The minimum absolute atomic E-state index is 0.135. The molecule has 0 N–H and O–H groups in total. The van der Waals surface area contributed by atoms with Crippen molar-refractivity contribution < 1.29 is 4.79 Å². The number of thiophene rings is 1. The van der Waals surface area contributed by atoms with Crippen molar-refractivity contribution in [2.24, 2.45) is 0 Å². The van der Waals surface area contributed by atoms with E-state index in [1.54, 1.807) is 11.3 Å². The third kappa shape index (κ3) is 1.93. The molecule has 0 bridgehead atoms. The Hall–Kier alpha value is -1.41. The van der Waals surface area contributed by atoms with Gasteiger partial charge in [-0.15, -0.1) is 0 Å². The van der Waals surface area contributed by atoms with Crippen LogP contribution in [0.2, 0.25) is 0 Å². The standard InChI is InChI=1S/C14H14OS/c1-9-6-10(2)13(11(3)7-9)14(15)12-4-5-16-8-12/h4-8H,1-3H3. The first-order chi connectivity index (χ1) is 7.59. The van der Waals surface area contributed by atoms with Crippen LogP contribution >= 0.6 is 11.3 Å². The lowest BCUT2D eigenvalue weighted by molar-refractivity contribution is 0.103. The van der Waals surface area contributed by atoms with E-state index in [4.69, 9.17) is 0 Å². The van der Waals surface area contributed by atoms with Gasteiger partial charge in [-0.1, -0.05) is 17.7 Å². The highest BCUT2D eigenvalue weighted by Crippen LogP contribution is 2.21. The summed E-state index contributed by atoms with van der Waals surface area (Å²) < 4.78 is 0. The van der Waals surface area contributed by atoms with Crippen molar-refractivity contribution in [1.29, 1.82) is 0 Å². The van der Waals surface area contributed by atoms with Crippen LogP contribution in [-0.4, -0.2) is 5.78 Å². The molecule has 0 fully saturated rings. The maximum Gasteiger partial charge on any atom is 0.194 e. The van der Waals surface area contributed by atoms with Crippen molar-refractivity contribution in [2.75, 3.05) is 0 Å². The highest BCUT2D eigenvalue weighted by Gasteiger charge is 2.14. The van der Waals surface area contributed by atoms with Gasteiger partial charge < -0.3 is 0 Å². The fourth-order valence-electron chi connectivity index (χ4n) is 2.08. The minimum Gasteiger partial charge on any atom is -0.289 e. The normalized spacial score (nSPS) is 10.4. The Bertz CT molecular complexity index is 501. The summed E-state index contributed by atoms with van der Waals surface area (Å²) in [6.07, 6.45) is 0. The molecule has 0 aliphatic heterocycles. The number of hydrogen-bond donors (Lipinski definition) is 0. The van der Waals surface area contributed by atoms with Crippen LogP contribution in [0.4, 0.5) is 0 Å². The van der Waals surface area contributed by atoms with E-state index in [2.05, 4.69) is 19.1 Å². The molecule has 0 saturated carbocycles. The third-order valence-corrected chi connectivity index (χ3v) is 3.37. The molecular weight excluding hydrogens is 216 g/mol. The van der Waals surface area contributed by atoms with E-state index in [1.165, 1.54) is 5.56 Å². The Labute approximate surface area is 99.8 Å². The van der Waals surface area contributed by atoms with Gasteiger partial charge in [0.1, 0.15) is 0 Å². The SMILES string of the molecule is Cc1cc(C)c(C(=O)c2ccsc2)c(C)c1. The van der Waals surface area contributed by atoms with Gasteiger partial charge in [-0.2, -0.15) is 11.3 Å². The molecule has 2 heteroatoms. The van der Waals surface area contributed by atoms with E-state index >= 15 is 0 Å². The van der Waals surface area contributed by atoms with Crippen LogP contribution < -0.4 is 0 Å². The summed E-state index contributed by atoms with van der Waals surface area (Å²) in [4.78, 5) is 12.3. The summed E-state index contributed by atoms with van der Waals surface area (Å²) in [5.41, 5.74) is 4.98.